The minimum absolute atomic E-state index is 0.0562. The van der Waals surface area contributed by atoms with E-state index in [1.54, 1.807) is 17.8 Å². The summed E-state index contributed by atoms with van der Waals surface area (Å²) in [6.07, 6.45) is 5.63. The van der Waals surface area contributed by atoms with Crippen molar-refractivity contribution >= 4 is 5.52 Å². The lowest BCUT2D eigenvalue weighted by Crippen LogP contribution is -2.65. The fraction of sp³-hybridized carbons (Fsp3) is 0.560. The summed E-state index contributed by atoms with van der Waals surface area (Å²) in [5, 5.41) is 18.2. The summed E-state index contributed by atoms with van der Waals surface area (Å²) in [6, 6.07) is 3.34. The summed E-state index contributed by atoms with van der Waals surface area (Å²) in [7, 11) is 1.56. The highest BCUT2D eigenvalue weighted by atomic mass is 19.3. The van der Waals surface area contributed by atoms with Crippen LogP contribution in [0.3, 0.4) is 0 Å². The SMILES string of the molecule is COc1cc(-c2cnn(C3CN(C4CCN(C(C)(C)C)CC4(F)F)C3)c2C)cn2ncc(C#N)c12. The third kappa shape index (κ3) is 3.96. The molecule has 0 bridgehead atoms. The van der Waals surface area contributed by atoms with Gasteiger partial charge in [-0.2, -0.15) is 15.5 Å². The van der Waals surface area contributed by atoms with Crippen molar-refractivity contribution in [1.29, 1.82) is 5.26 Å². The van der Waals surface area contributed by atoms with Gasteiger partial charge in [0.25, 0.3) is 5.92 Å². The van der Waals surface area contributed by atoms with Crippen molar-refractivity contribution in [3.05, 3.63) is 35.9 Å². The number of nitrogens with zero attached hydrogens (tertiary/aromatic N) is 7. The van der Waals surface area contributed by atoms with Gasteiger partial charge in [-0.1, -0.05) is 0 Å². The van der Waals surface area contributed by atoms with E-state index < -0.39 is 12.0 Å². The maximum atomic E-state index is 15.0. The zero-order valence-electron chi connectivity index (χ0n) is 20.8. The quantitative estimate of drug-likeness (QED) is 0.563. The van der Waals surface area contributed by atoms with Gasteiger partial charge in [0.15, 0.2) is 0 Å². The molecule has 0 amide bonds. The first-order chi connectivity index (χ1) is 16.5. The molecule has 2 saturated heterocycles. The molecule has 3 aromatic rings. The highest BCUT2D eigenvalue weighted by Gasteiger charge is 2.52. The van der Waals surface area contributed by atoms with Crippen LogP contribution in [-0.2, 0) is 0 Å². The number of pyridine rings is 1. The van der Waals surface area contributed by atoms with Gasteiger partial charge >= 0.3 is 0 Å². The van der Waals surface area contributed by atoms with Gasteiger partial charge < -0.3 is 4.74 Å². The second-order valence-corrected chi connectivity index (χ2v) is 10.6. The number of hydrogen-bond donors (Lipinski definition) is 0. The topological polar surface area (TPSA) is 74.6 Å². The van der Waals surface area contributed by atoms with E-state index in [0.717, 1.165) is 16.8 Å². The minimum atomic E-state index is -2.74. The molecular formula is C25H31F2N7O. The summed E-state index contributed by atoms with van der Waals surface area (Å²) in [6.45, 7) is 9.56. The Balaban J connectivity index is 1.33. The lowest BCUT2D eigenvalue weighted by Gasteiger charge is -2.52. The van der Waals surface area contributed by atoms with Gasteiger partial charge in [0.2, 0.25) is 0 Å². The van der Waals surface area contributed by atoms with E-state index in [-0.39, 0.29) is 18.1 Å². The molecule has 1 unspecified atom stereocenters. The molecule has 2 fully saturated rings. The first-order valence-electron chi connectivity index (χ1n) is 11.9. The first-order valence-corrected chi connectivity index (χ1v) is 11.9. The Morgan fingerprint density at radius 1 is 1.20 bits per heavy atom. The summed E-state index contributed by atoms with van der Waals surface area (Å²) >= 11 is 0. The van der Waals surface area contributed by atoms with E-state index in [2.05, 4.69) is 16.3 Å². The second-order valence-electron chi connectivity index (χ2n) is 10.6. The molecule has 2 aliphatic heterocycles. The fourth-order valence-electron chi connectivity index (χ4n) is 5.39. The van der Waals surface area contributed by atoms with Gasteiger partial charge in [-0.25, -0.2) is 13.3 Å². The molecule has 2 aliphatic rings. The number of piperidine rings is 1. The Kier molecular flexibility index (Phi) is 5.61. The van der Waals surface area contributed by atoms with Crippen molar-refractivity contribution in [2.24, 2.45) is 0 Å². The van der Waals surface area contributed by atoms with Crippen LogP contribution in [0.1, 0.15) is 44.5 Å². The number of nitriles is 1. The molecule has 0 radical (unpaired) electrons. The number of aromatic nitrogens is 4. The number of fused-ring (bicyclic) bond motifs is 1. The smallest absolute Gasteiger partial charge is 0.275 e. The van der Waals surface area contributed by atoms with Crippen LogP contribution in [0.4, 0.5) is 8.78 Å². The lowest BCUT2D eigenvalue weighted by atomic mass is 9.91. The number of hydrogen-bond acceptors (Lipinski definition) is 6. The first kappa shape index (κ1) is 23.7. The van der Waals surface area contributed by atoms with E-state index >= 15 is 8.78 Å². The zero-order chi connectivity index (χ0) is 25.1. The molecule has 0 saturated carbocycles. The average Bonchev–Trinajstić information content (AvgIpc) is 3.35. The largest absolute Gasteiger partial charge is 0.494 e. The Bertz CT molecular complexity index is 1290. The number of ether oxygens (including phenoxy) is 1. The number of methoxy groups -OCH3 is 1. The maximum absolute atomic E-state index is 15.0. The van der Waals surface area contributed by atoms with Crippen LogP contribution in [0.15, 0.2) is 24.7 Å². The minimum Gasteiger partial charge on any atom is -0.494 e. The van der Waals surface area contributed by atoms with E-state index in [0.29, 0.717) is 42.9 Å². The predicted octanol–water partition coefficient (Wildman–Crippen LogP) is 3.75. The Hall–Kier alpha value is -3.03. The normalized spacial score (nSPS) is 21.7. The molecule has 5 heterocycles. The van der Waals surface area contributed by atoms with Crippen molar-refractivity contribution in [3.8, 4) is 22.9 Å². The molecule has 10 heteroatoms. The van der Waals surface area contributed by atoms with Crippen molar-refractivity contribution in [1.82, 2.24) is 29.2 Å². The van der Waals surface area contributed by atoms with Crippen LogP contribution in [0.5, 0.6) is 5.75 Å². The molecule has 0 N–H and O–H groups in total. The van der Waals surface area contributed by atoms with Gasteiger partial charge in [-0.05, 0) is 40.2 Å². The molecule has 186 valence electrons. The molecule has 5 rings (SSSR count). The zero-order valence-corrected chi connectivity index (χ0v) is 20.8. The van der Waals surface area contributed by atoms with Gasteiger partial charge in [0.05, 0.1) is 38.1 Å². The summed E-state index contributed by atoms with van der Waals surface area (Å²) < 4.78 is 39.2. The van der Waals surface area contributed by atoms with Crippen molar-refractivity contribution < 1.29 is 13.5 Å². The van der Waals surface area contributed by atoms with Gasteiger partial charge in [-0.15, -0.1) is 0 Å². The average molecular weight is 484 g/mol. The van der Waals surface area contributed by atoms with Crippen LogP contribution in [0, 0.1) is 18.3 Å². The molecule has 35 heavy (non-hydrogen) atoms. The molecule has 0 spiro atoms. The fourth-order valence-corrected chi connectivity index (χ4v) is 5.39. The van der Waals surface area contributed by atoms with E-state index in [1.165, 1.54) is 6.20 Å². The third-order valence-corrected chi connectivity index (χ3v) is 7.46. The van der Waals surface area contributed by atoms with Crippen molar-refractivity contribution in [2.75, 3.05) is 33.3 Å². The van der Waals surface area contributed by atoms with Crippen LogP contribution in [0.25, 0.3) is 16.6 Å². The molecular weight excluding hydrogens is 452 g/mol. The summed E-state index contributed by atoms with van der Waals surface area (Å²) in [5.74, 6) is -2.18. The number of alkyl halides is 2. The van der Waals surface area contributed by atoms with Gasteiger partial charge in [0, 0.05) is 48.2 Å². The standard InChI is InChI=1S/C25H31F2N7O/c1-16-20(17-8-21(35-5)23-18(9-28)10-29-33(23)12-17)11-30-34(16)19-13-31(14-19)22-6-7-32(24(2,3)4)15-25(22,26)27/h8,10-12,19,22H,6-7,13-15H2,1-5H3. The van der Waals surface area contributed by atoms with Crippen molar-refractivity contribution in [3.63, 3.8) is 0 Å². The van der Waals surface area contributed by atoms with Gasteiger partial charge in [0.1, 0.15) is 22.9 Å². The van der Waals surface area contributed by atoms with E-state index in [4.69, 9.17) is 4.74 Å². The van der Waals surface area contributed by atoms with Crippen LogP contribution >= 0.6 is 0 Å². The van der Waals surface area contributed by atoms with Crippen LogP contribution in [-0.4, -0.2) is 80.0 Å². The number of halogens is 2. The van der Waals surface area contributed by atoms with Crippen LogP contribution in [0.2, 0.25) is 0 Å². The summed E-state index contributed by atoms with van der Waals surface area (Å²) in [5.41, 5.74) is 3.55. The Morgan fingerprint density at radius 3 is 2.57 bits per heavy atom. The third-order valence-electron chi connectivity index (χ3n) is 7.46. The van der Waals surface area contributed by atoms with Gasteiger partial charge in [-0.3, -0.25) is 14.5 Å². The predicted molar refractivity (Wildman–Crippen MR) is 128 cm³/mol. The molecule has 3 aromatic heterocycles. The molecule has 1 atom stereocenters. The Labute approximate surface area is 203 Å². The van der Waals surface area contributed by atoms with Crippen LogP contribution < -0.4 is 4.74 Å². The number of rotatable bonds is 4. The lowest BCUT2D eigenvalue weighted by molar-refractivity contribution is -0.159. The number of likely N-dealkylation sites (tertiary alicyclic amines) is 2. The Morgan fingerprint density at radius 2 is 1.94 bits per heavy atom. The summed E-state index contributed by atoms with van der Waals surface area (Å²) in [4.78, 5) is 3.79. The second kappa shape index (κ2) is 8.28. The highest BCUT2D eigenvalue weighted by molar-refractivity contribution is 5.75. The molecule has 8 nitrogen and oxygen atoms in total. The molecule has 0 aromatic carbocycles. The van der Waals surface area contributed by atoms with Crippen molar-refractivity contribution in [2.45, 2.75) is 57.7 Å². The van der Waals surface area contributed by atoms with E-state index in [9.17, 15) is 5.26 Å². The molecule has 0 aliphatic carbocycles. The monoisotopic (exact) mass is 483 g/mol. The maximum Gasteiger partial charge on any atom is 0.275 e. The highest BCUT2D eigenvalue weighted by Crippen LogP contribution is 2.39. The van der Waals surface area contributed by atoms with E-state index in [1.807, 2.05) is 54.4 Å².